The maximum absolute atomic E-state index is 9.36. The van der Waals surface area contributed by atoms with Crippen LogP contribution < -0.4 is 5.32 Å². The van der Waals surface area contributed by atoms with E-state index in [4.69, 9.17) is 0 Å². The molecule has 0 amide bonds. The van der Waals surface area contributed by atoms with Gasteiger partial charge in [0, 0.05) is 12.1 Å². The molecule has 1 fully saturated rings. The van der Waals surface area contributed by atoms with Gasteiger partial charge in [-0.2, -0.15) is 0 Å². The van der Waals surface area contributed by atoms with Gasteiger partial charge in [0.2, 0.25) is 0 Å². The van der Waals surface area contributed by atoms with Crippen molar-refractivity contribution >= 4 is 0 Å². The van der Waals surface area contributed by atoms with Crippen molar-refractivity contribution in [1.82, 2.24) is 5.32 Å². The highest BCUT2D eigenvalue weighted by Crippen LogP contribution is 2.17. The first-order valence-corrected chi connectivity index (χ1v) is 5.16. The molecule has 0 aliphatic carbocycles. The topological polar surface area (TPSA) is 32.3 Å². The first kappa shape index (κ1) is 10.0. The van der Waals surface area contributed by atoms with E-state index in [1.807, 2.05) is 6.92 Å². The number of rotatable bonds is 4. The van der Waals surface area contributed by atoms with Crippen LogP contribution in [0.1, 0.15) is 46.0 Å². The van der Waals surface area contributed by atoms with Gasteiger partial charge in [0.05, 0.1) is 6.10 Å². The highest BCUT2D eigenvalue weighted by Gasteiger charge is 2.20. The molecule has 2 N–H and O–H groups in total. The maximum atomic E-state index is 9.36. The van der Waals surface area contributed by atoms with E-state index >= 15 is 0 Å². The molecule has 1 aliphatic heterocycles. The Morgan fingerprint density at radius 3 is 2.75 bits per heavy atom. The van der Waals surface area contributed by atoms with Gasteiger partial charge in [0.15, 0.2) is 0 Å². The number of aliphatic hydroxyl groups is 1. The van der Waals surface area contributed by atoms with E-state index < -0.39 is 0 Å². The van der Waals surface area contributed by atoms with E-state index in [1.54, 1.807) is 0 Å². The lowest BCUT2D eigenvalue weighted by molar-refractivity contribution is 0.153. The summed E-state index contributed by atoms with van der Waals surface area (Å²) in [5.41, 5.74) is 0. The van der Waals surface area contributed by atoms with E-state index in [0.717, 1.165) is 19.3 Å². The van der Waals surface area contributed by atoms with Crippen molar-refractivity contribution in [2.75, 3.05) is 0 Å². The van der Waals surface area contributed by atoms with Crippen molar-refractivity contribution < 1.29 is 5.11 Å². The van der Waals surface area contributed by atoms with E-state index in [0.29, 0.717) is 12.1 Å². The largest absolute Gasteiger partial charge is 0.393 e. The monoisotopic (exact) mass is 171 g/mol. The summed E-state index contributed by atoms with van der Waals surface area (Å²) in [6.45, 7) is 4.27. The summed E-state index contributed by atoms with van der Waals surface area (Å²) in [6, 6.07) is 1.36. The second-order valence-electron chi connectivity index (χ2n) is 3.98. The summed E-state index contributed by atoms with van der Waals surface area (Å²) in [7, 11) is 0. The average molecular weight is 171 g/mol. The van der Waals surface area contributed by atoms with Gasteiger partial charge in [-0.15, -0.1) is 0 Å². The maximum Gasteiger partial charge on any atom is 0.0538 e. The Labute approximate surface area is 75.4 Å². The molecule has 1 heterocycles. The van der Waals surface area contributed by atoms with Crippen LogP contribution in [0.15, 0.2) is 0 Å². The molecule has 2 nitrogen and oxygen atoms in total. The van der Waals surface area contributed by atoms with E-state index in [1.165, 1.54) is 12.8 Å². The molecule has 12 heavy (non-hydrogen) atoms. The molecule has 1 rings (SSSR count). The Hall–Kier alpha value is -0.0800. The predicted octanol–water partition coefficient (Wildman–Crippen LogP) is 1.68. The lowest BCUT2D eigenvalue weighted by Gasteiger charge is -2.13. The van der Waals surface area contributed by atoms with E-state index in [-0.39, 0.29) is 6.10 Å². The fourth-order valence-corrected chi connectivity index (χ4v) is 1.85. The molecular weight excluding hydrogens is 150 g/mol. The normalized spacial score (nSPS) is 32.2. The van der Waals surface area contributed by atoms with E-state index in [2.05, 4.69) is 12.2 Å². The van der Waals surface area contributed by atoms with E-state index in [9.17, 15) is 5.11 Å². The number of hydrogen-bond donors (Lipinski definition) is 2. The number of aliphatic hydroxyl groups excluding tert-OH is 1. The van der Waals surface area contributed by atoms with Gasteiger partial charge in [-0.25, -0.2) is 0 Å². The van der Waals surface area contributed by atoms with Gasteiger partial charge in [0.1, 0.15) is 0 Å². The molecule has 1 unspecified atom stereocenters. The minimum absolute atomic E-state index is 0.0808. The number of nitrogens with one attached hydrogen (secondary N) is 1. The second-order valence-corrected chi connectivity index (χ2v) is 3.98. The number of hydrogen-bond acceptors (Lipinski definition) is 2. The summed E-state index contributed by atoms with van der Waals surface area (Å²) in [6.07, 6.45) is 5.50. The molecule has 0 aromatic carbocycles. The van der Waals surface area contributed by atoms with Gasteiger partial charge in [0.25, 0.3) is 0 Å². The highest BCUT2D eigenvalue weighted by molar-refractivity contribution is 4.80. The van der Waals surface area contributed by atoms with Gasteiger partial charge < -0.3 is 10.4 Å². The Morgan fingerprint density at radius 1 is 1.50 bits per heavy atom. The quantitative estimate of drug-likeness (QED) is 0.674. The molecule has 0 aromatic rings. The predicted molar refractivity (Wildman–Crippen MR) is 51.2 cm³/mol. The summed E-state index contributed by atoms with van der Waals surface area (Å²) in [5, 5.41) is 12.9. The van der Waals surface area contributed by atoms with Crippen molar-refractivity contribution in [3.8, 4) is 0 Å². The Bertz CT molecular complexity index is 127. The molecule has 0 spiro atoms. The Kier molecular flexibility index (Phi) is 4.02. The first-order valence-electron chi connectivity index (χ1n) is 5.16. The van der Waals surface area contributed by atoms with Gasteiger partial charge >= 0.3 is 0 Å². The molecule has 2 heteroatoms. The van der Waals surface area contributed by atoms with Crippen LogP contribution in [-0.4, -0.2) is 23.3 Å². The average Bonchev–Trinajstić information content (AvgIpc) is 2.47. The van der Waals surface area contributed by atoms with Crippen LogP contribution in [0.25, 0.3) is 0 Å². The molecule has 0 bridgehead atoms. The second kappa shape index (κ2) is 4.83. The van der Waals surface area contributed by atoms with Crippen LogP contribution in [0.5, 0.6) is 0 Å². The van der Waals surface area contributed by atoms with Crippen molar-refractivity contribution in [1.29, 1.82) is 0 Å². The zero-order chi connectivity index (χ0) is 8.97. The third kappa shape index (κ3) is 3.11. The van der Waals surface area contributed by atoms with Crippen LogP contribution in [0.3, 0.4) is 0 Å². The summed E-state index contributed by atoms with van der Waals surface area (Å²) >= 11 is 0. The molecule has 0 saturated carbocycles. The van der Waals surface area contributed by atoms with Gasteiger partial charge in [-0.3, -0.25) is 0 Å². The third-order valence-electron chi connectivity index (χ3n) is 2.79. The van der Waals surface area contributed by atoms with Crippen LogP contribution in [0.2, 0.25) is 0 Å². The highest BCUT2D eigenvalue weighted by atomic mass is 16.3. The molecular formula is C10H21NO. The summed E-state index contributed by atoms with van der Waals surface area (Å²) in [5.74, 6) is 0. The molecule has 0 radical (unpaired) electrons. The zero-order valence-corrected chi connectivity index (χ0v) is 8.21. The Balaban J connectivity index is 2.07. The molecule has 72 valence electrons. The standard InChI is InChI=1S/C10H21NO/c1-3-10(12)7-6-9-5-4-8(2)11-9/h8-12H,3-7H2,1-2H3/t8-,9-,10?/m0/s1. The van der Waals surface area contributed by atoms with Crippen molar-refractivity contribution in [3.05, 3.63) is 0 Å². The third-order valence-corrected chi connectivity index (χ3v) is 2.79. The summed E-state index contributed by atoms with van der Waals surface area (Å²) in [4.78, 5) is 0. The van der Waals surface area contributed by atoms with Crippen LogP contribution in [0.4, 0.5) is 0 Å². The Morgan fingerprint density at radius 2 is 2.25 bits per heavy atom. The zero-order valence-electron chi connectivity index (χ0n) is 8.21. The minimum Gasteiger partial charge on any atom is -0.393 e. The molecule has 3 atom stereocenters. The summed E-state index contributed by atoms with van der Waals surface area (Å²) < 4.78 is 0. The fourth-order valence-electron chi connectivity index (χ4n) is 1.85. The smallest absolute Gasteiger partial charge is 0.0538 e. The van der Waals surface area contributed by atoms with Crippen LogP contribution in [-0.2, 0) is 0 Å². The lowest BCUT2D eigenvalue weighted by Crippen LogP contribution is -2.27. The van der Waals surface area contributed by atoms with Gasteiger partial charge in [-0.1, -0.05) is 6.92 Å². The SMILES string of the molecule is CCC(O)CC[C@@H]1CC[C@H](C)N1. The molecule has 1 saturated heterocycles. The lowest BCUT2D eigenvalue weighted by atomic mass is 10.1. The van der Waals surface area contributed by atoms with Gasteiger partial charge in [-0.05, 0) is 39.0 Å². The van der Waals surface area contributed by atoms with Crippen molar-refractivity contribution in [3.63, 3.8) is 0 Å². The van der Waals surface area contributed by atoms with Crippen molar-refractivity contribution in [2.24, 2.45) is 0 Å². The van der Waals surface area contributed by atoms with Crippen LogP contribution >= 0.6 is 0 Å². The fraction of sp³-hybridized carbons (Fsp3) is 1.00. The van der Waals surface area contributed by atoms with Crippen LogP contribution in [0, 0.1) is 0 Å². The minimum atomic E-state index is -0.0808. The molecule has 1 aliphatic rings. The molecule has 0 aromatic heterocycles. The first-order chi connectivity index (χ1) is 5.72. The van der Waals surface area contributed by atoms with Crippen molar-refractivity contribution in [2.45, 2.75) is 64.1 Å².